The first-order valence-electron chi connectivity index (χ1n) is 11.6. The number of rotatable bonds is 3. The van der Waals surface area contributed by atoms with Gasteiger partial charge in [0.25, 0.3) is 5.56 Å². The average Bonchev–Trinajstić information content (AvgIpc) is 3.26. The quantitative estimate of drug-likeness (QED) is 0.392. The normalized spacial score (nSPS) is 17.8. The molecule has 1 atom stereocenters. The van der Waals surface area contributed by atoms with Gasteiger partial charge in [0.1, 0.15) is 6.61 Å². The zero-order valence-corrected chi connectivity index (χ0v) is 19.7. The molecule has 6 rings (SSSR count). The lowest BCUT2D eigenvalue weighted by atomic mass is 9.86. The van der Waals surface area contributed by atoms with Gasteiger partial charge in [-0.3, -0.25) is 4.79 Å². The lowest BCUT2D eigenvalue weighted by Crippen LogP contribution is -2.44. The number of esters is 2. The average molecular weight is 482 g/mol. The molecule has 4 heterocycles. The maximum atomic E-state index is 13.3. The summed E-state index contributed by atoms with van der Waals surface area (Å²) in [4.78, 5) is 42.8. The summed E-state index contributed by atoms with van der Waals surface area (Å²) in [6, 6.07) is 16.7. The fourth-order valence-electron chi connectivity index (χ4n) is 5.18. The second-order valence-electron chi connectivity index (χ2n) is 9.04. The molecule has 2 aromatic carbocycles. The number of aromatic nitrogens is 2. The number of fused-ring (bicyclic) bond motifs is 5. The molecule has 1 N–H and O–H groups in total. The Morgan fingerprint density at radius 1 is 1.17 bits per heavy atom. The Balaban J connectivity index is 1.50. The van der Waals surface area contributed by atoms with Crippen molar-refractivity contribution in [2.24, 2.45) is 0 Å². The summed E-state index contributed by atoms with van der Waals surface area (Å²) in [7, 11) is 1.35. The van der Waals surface area contributed by atoms with Gasteiger partial charge in [-0.2, -0.15) is 0 Å². The molecule has 0 saturated heterocycles. The first-order chi connectivity index (χ1) is 17.4. The van der Waals surface area contributed by atoms with Crippen LogP contribution in [0.4, 0.5) is 0 Å². The molecule has 8 heteroatoms. The largest absolute Gasteiger partial charge is 0.465 e. The summed E-state index contributed by atoms with van der Waals surface area (Å²) in [6.07, 6.45) is 0.0928. The van der Waals surface area contributed by atoms with Crippen molar-refractivity contribution in [2.75, 3.05) is 7.11 Å². The zero-order chi connectivity index (χ0) is 25.2. The number of hydrogen-bond donors (Lipinski definition) is 1. The molecule has 180 valence electrons. The van der Waals surface area contributed by atoms with Gasteiger partial charge in [0.2, 0.25) is 0 Å². The molecular weight excluding hydrogens is 460 g/mol. The number of methoxy groups -OCH3 is 1. The summed E-state index contributed by atoms with van der Waals surface area (Å²) in [6.45, 7) is 1.84. The Hall–Kier alpha value is -4.30. The van der Waals surface area contributed by atoms with Gasteiger partial charge in [-0.05, 0) is 47.9 Å². The van der Waals surface area contributed by atoms with Crippen molar-refractivity contribution in [3.05, 3.63) is 87.2 Å². The molecule has 0 fully saturated rings. The zero-order valence-electron chi connectivity index (χ0n) is 19.7. The van der Waals surface area contributed by atoms with Crippen molar-refractivity contribution in [3.8, 4) is 22.5 Å². The van der Waals surface area contributed by atoms with Crippen LogP contribution in [0.15, 0.2) is 59.4 Å². The minimum absolute atomic E-state index is 0.0928. The van der Waals surface area contributed by atoms with Gasteiger partial charge < -0.3 is 19.1 Å². The van der Waals surface area contributed by atoms with Crippen LogP contribution in [-0.4, -0.2) is 33.7 Å². The maximum absolute atomic E-state index is 13.3. The highest BCUT2D eigenvalue weighted by Crippen LogP contribution is 2.39. The summed E-state index contributed by atoms with van der Waals surface area (Å²) in [5.41, 5.74) is 3.28. The van der Waals surface area contributed by atoms with E-state index < -0.39 is 17.5 Å². The van der Waals surface area contributed by atoms with Crippen molar-refractivity contribution in [1.29, 1.82) is 0 Å². The Labute approximate surface area is 205 Å². The molecule has 2 aromatic heterocycles. The van der Waals surface area contributed by atoms with Crippen LogP contribution in [-0.2, 0) is 33.0 Å². The highest BCUT2D eigenvalue weighted by Gasteiger charge is 2.45. The minimum atomic E-state index is -1.86. The molecule has 0 unspecified atom stereocenters. The molecular formula is C28H22N2O6. The van der Waals surface area contributed by atoms with Gasteiger partial charge in [0.15, 0.2) is 5.60 Å². The summed E-state index contributed by atoms with van der Waals surface area (Å²) in [5.74, 6) is -1.16. The van der Waals surface area contributed by atoms with Crippen LogP contribution in [0.25, 0.3) is 33.4 Å². The summed E-state index contributed by atoms with van der Waals surface area (Å²) in [5, 5.41) is 11.9. The van der Waals surface area contributed by atoms with E-state index >= 15 is 0 Å². The smallest absolute Gasteiger partial charge is 0.343 e. The van der Waals surface area contributed by atoms with E-state index in [9.17, 15) is 19.5 Å². The molecule has 0 amide bonds. The fourth-order valence-corrected chi connectivity index (χ4v) is 5.18. The van der Waals surface area contributed by atoms with Gasteiger partial charge in [0, 0.05) is 16.5 Å². The Kier molecular flexibility index (Phi) is 4.84. The van der Waals surface area contributed by atoms with Crippen molar-refractivity contribution < 1.29 is 24.2 Å². The van der Waals surface area contributed by atoms with Crippen LogP contribution in [0, 0.1) is 0 Å². The highest BCUT2D eigenvalue weighted by molar-refractivity contribution is 5.99. The van der Waals surface area contributed by atoms with Gasteiger partial charge in [-0.1, -0.05) is 31.2 Å². The predicted molar refractivity (Wildman–Crippen MR) is 131 cm³/mol. The minimum Gasteiger partial charge on any atom is -0.465 e. The van der Waals surface area contributed by atoms with Crippen molar-refractivity contribution in [1.82, 2.24) is 9.55 Å². The molecule has 0 bridgehead atoms. The maximum Gasteiger partial charge on any atom is 0.343 e. The third-order valence-electron chi connectivity index (χ3n) is 7.15. The number of aliphatic hydroxyl groups is 1. The van der Waals surface area contributed by atoms with Crippen molar-refractivity contribution in [3.63, 3.8) is 0 Å². The first-order valence-corrected chi connectivity index (χ1v) is 11.6. The number of carbonyl (C=O) groups excluding carboxylic acids is 2. The third-order valence-corrected chi connectivity index (χ3v) is 7.15. The molecule has 2 aliphatic rings. The lowest BCUT2D eigenvalue weighted by molar-refractivity contribution is -0.172. The van der Waals surface area contributed by atoms with Crippen LogP contribution in [0.5, 0.6) is 0 Å². The second kappa shape index (κ2) is 7.86. The lowest BCUT2D eigenvalue weighted by Gasteiger charge is -2.31. The molecule has 0 aliphatic carbocycles. The number of cyclic esters (lactones) is 1. The van der Waals surface area contributed by atoms with Gasteiger partial charge in [-0.25, -0.2) is 14.6 Å². The molecule has 0 radical (unpaired) electrons. The monoisotopic (exact) mass is 482 g/mol. The van der Waals surface area contributed by atoms with E-state index in [4.69, 9.17) is 14.5 Å². The topological polar surface area (TPSA) is 108 Å². The van der Waals surface area contributed by atoms with E-state index in [0.29, 0.717) is 34.6 Å². The molecule has 0 saturated carbocycles. The third kappa shape index (κ3) is 3.04. The predicted octanol–water partition coefficient (Wildman–Crippen LogP) is 3.53. The van der Waals surface area contributed by atoms with Crippen molar-refractivity contribution >= 4 is 22.8 Å². The van der Waals surface area contributed by atoms with Crippen molar-refractivity contribution in [2.45, 2.75) is 32.1 Å². The first kappa shape index (κ1) is 22.2. The number of nitrogens with zero attached hydrogens (tertiary/aromatic N) is 2. The van der Waals surface area contributed by atoms with E-state index in [1.165, 1.54) is 7.11 Å². The van der Waals surface area contributed by atoms with E-state index in [-0.39, 0.29) is 18.6 Å². The molecule has 4 aromatic rings. The fraction of sp³-hybridized carbons (Fsp3) is 0.214. The number of carbonyl (C=O) groups is 2. The molecule has 8 nitrogen and oxygen atoms in total. The SMILES string of the molecule is CC[C@@]1(O)C(=O)OCc2c1cc1n(c2=O)Cc2cc3cc(-c4ccccc4C(=O)OC)ccc3nc2-1. The van der Waals surface area contributed by atoms with Gasteiger partial charge in [0.05, 0.1) is 41.7 Å². The van der Waals surface area contributed by atoms with E-state index in [1.54, 1.807) is 29.7 Å². The van der Waals surface area contributed by atoms with Crippen LogP contribution < -0.4 is 5.56 Å². The van der Waals surface area contributed by atoms with Gasteiger partial charge in [-0.15, -0.1) is 0 Å². The number of ether oxygens (including phenoxy) is 2. The van der Waals surface area contributed by atoms with E-state index in [2.05, 4.69) is 0 Å². The van der Waals surface area contributed by atoms with Crippen LogP contribution >= 0.6 is 0 Å². The summed E-state index contributed by atoms with van der Waals surface area (Å²) < 4.78 is 11.7. The Morgan fingerprint density at radius 3 is 2.75 bits per heavy atom. The van der Waals surface area contributed by atoms with E-state index in [1.807, 2.05) is 36.4 Å². The Morgan fingerprint density at radius 2 is 1.97 bits per heavy atom. The van der Waals surface area contributed by atoms with Crippen LogP contribution in [0.3, 0.4) is 0 Å². The molecule has 2 aliphatic heterocycles. The second-order valence-corrected chi connectivity index (χ2v) is 9.04. The Bertz CT molecular complexity index is 1670. The number of pyridine rings is 2. The van der Waals surface area contributed by atoms with E-state index in [0.717, 1.165) is 27.6 Å². The molecule has 0 spiro atoms. The van der Waals surface area contributed by atoms with Gasteiger partial charge >= 0.3 is 11.9 Å². The number of hydrogen-bond acceptors (Lipinski definition) is 7. The molecule has 36 heavy (non-hydrogen) atoms. The standard InChI is InChI=1S/C28H22N2O6/c1-3-28(34)21-12-23-24-17(13-30(23)25(31)20(21)14-36-27(28)33)11-16-10-15(8-9-22(16)29-24)18-6-4-5-7-19(18)26(32)35-2/h4-12,34H,3,13-14H2,1-2H3/t28-/m0/s1. The summed E-state index contributed by atoms with van der Waals surface area (Å²) >= 11 is 0. The van der Waals surface area contributed by atoms with Crippen LogP contribution in [0.1, 0.15) is 40.4 Å². The highest BCUT2D eigenvalue weighted by atomic mass is 16.6. The van der Waals surface area contributed by atoms with Crippen LogP contribution in [0.2, 0.25) is 0 Å². The number of benzene rings is 2.